The third-order valence-electron chi connectivity index (χ3n) is 6.03. The quantitative estimate of drug-likeness (QED) is 0.444. The lowest BCUT2D eigenvalue weighted by atomic mass is 9.97. The number of hydrogen-bond acceptors (Lipinski definition) is 2. The summed E-state index contributed by atoms with van der Waals surface area (Å²) < 4.78 is 7.52. The zero-order chi connectivity index (χ0) is 22.1. The maximum Gasteiger partial charge on any atom is 0.322 e. The number of rotatable bonds is 3. The van der Waals surface area contributed by atoms with Crippen LogP contribution in [0.4, 0.5) is 10.5 Å². The molecule has 1 N–H and O–H groups in total. The fourth-order valence-corrected chi connectivity index (χ4v) is 4.46. The number of carbonyl (C=O) groups is 1. The number of aryl methyl sites for hydroxylation is 1. The predicted molar refractivity (Wildman–Crippen MR) is 126 cm³/mol. The number of nitrogens with one attached hydrogen (secondary N) is 1. The molecule has 0 spiro atoms. The Kier molecular flexibility index (Phi) is 5.15. The Morgan fingerprint density at radius 2 is 1.78 bits per heavy atom. The number of amides is 2. The Morgan fingerprint density at radius 1 is 0.969 bits per heavy atom. The number of fused-ring (bicyclic) bond motifs is 3. The fourth-order valence-electron chi connectivity index (χ4n) is 4.46. The average Bonchev–Trinajstić information content (AvgIpc) is 3.24. The van der Waals surface area contributed by atoms with Crippen LogP contribution in [0.5, 0.6) is 5.75 Å². The lowest BCUT2D eigenvalue weighted by Gasteiger charge is -2.32. The van der Waals surface area contributed by atoms with Crippen LogP contribution in [0.15, 0.2) is 91.1 Å². The number of benzene rings is 3. The summed E-state index contributed by atoms with van der Waals surface area (Å²) in [7, 11) is 1.62. The van der Waals surface area contributed by atoms with E-state index in [2.05, 4.69) is 53.3 Å². The van der Waals surface area contributed by atoms with Gasteiger partial charge >= 0.3 is 6.03 Å². The molecule has 1 aromatic heterocycles. The van der Waals surface area contributed by atoms with Crippen molar-refractivity contribution in [3.05, 3.63) is 114 Å². The topological polar surface area (TPSA) is 46.5 Å². The van der Waals surface area contributed by atoms with Crippen molar-refractivity contribution in [2.75, 3.05) is 12.4 Å². The molecule has 32 heavy (non-hydrogen) atoms. The van der Waals surface area contributed by atoms with Gasteiger partial charge in [0.1, 0.15) is 11.8 Å². The highest BCUT2D eigenvalue weighted by atomic mass is 16.5. The minimum absolute atomic E-state index is 0.157. The number of aromatic nitrogens is 1. The molecule has 0 fully saturated rings. The van der Waals surface area contributed by atoms with Crippen molar-refractivity contribution in [1.29, 1.82) is 0 Å². The Bertz CT molecular complexity index is 1280. The minimum atomic E-state index is -0.232. The largest absolute Gasteiger partial charge is 0.497 e. The summed E-state index contributed by atoms with van der Waals surface area (Å²) in [5, 5.41) is 3.08. The molecule has 3 aromatic carbocycles. The van der Waals surface area contributed by atoms with E-state index in [0.29, 0.717) is 18.0 Å². The van der Waals surface area contributed by atoms with Gasteiger partial charge in [-0.3, -0.25) is 0 Å². The fraction of sp³-hybridized carbons (Fsp3) is 0.148. The van der Waals surface area contributed by atoms with Crippen LogP contribution in [0.2, 0.25) is 0 Å². The summed E-state index contributed by atoms with van der Waals surface area (Å²) in [4.78, 5) is 15.6. The molecule has 0 aliphatic carbocycles. The van der Waals surface area contributed by atoms with Gasteiger partial charge in [0.2, 0.25) is 0 Å². The molecule has 0 saturated heterocycles. The first-order chi connectivity index (χ1) is 15.7. The summed E-state index contributed by atoms with van der Waals surface area (Å²) >= 11 is 0. The molecule has 0 radical (unpaired) electrons. The van der Waals surface area contributed by atoms with Gasteiger partial charge in [0, 0.05) is 23.6 Å². The van der Waals surface area contributed by atoms with E-state index in [9.17, 15) is 4.79 Å². The molecule has 160 valence electrons. The summed E-state index contributed by atoms with van der Waals surface area (Å²) in [6, 6.07) is 27.7. The molecule has 2 heterocycles. The Hall–Kier alpha value is -3.99. The highest BCUT2D eigenvalue weighted by Crippen LogP contribution is 2.38. The van der Waals surface area contributed by atoms with Gasteiger partial charge in [-0.05, 0) is 53.9 Å². The van der Waals surface area contributed by atoms with E-state index < -0.39 is 0 Å². The van der Waals surface area contributed by atoms with Crippen molar-refractivity contribution >= 4 is 11.7 Å². The van der Waals surface area contributed by atoms with Crippen LogP contribution in [0.25, 0.3) is 5.69 Å². The van der Waals surface area contributed by atoms with Crippen LogP contribution in [0, 0.1) is 6.92 Å². The maximum absolute atomic E-state index is 13.7. The molecule has 1 aliphatic heterocycles. The number of hydrogen-bond donors (Lipinski definition) is 1. The third-order valence-corrected chi connectivity index (χ3v) is 6.03. The van der Waals surface area contributed by atoms with Gasteiger partial charge in [-0.1, -0.05) is 48.5 Å². The standard InChI is InChI=1S/C27H25N3O2/c1-19-9-3-5-13-23(19)26-25-15-8-16-29(25)24-14-6-4-10-20(24)18-30(26)27(31)28-21-11-7-12-22(17-21)32-2/h3-17,26H,18H2,1-2H3,(H,28,31)/t26-/m0/s1. The lowest BCUT2D eigenvalue weighted by Crippen LogP contribution is -2.38. The smallest absolute Gasteiger partial charge is 0.322 e. The zero-order valence-electron chi connectivity index (χ0n) is 18.2. The van der Waals surface area contributed by atoms with Gasteiger partial charge in [-0.15, -0.1) is 0 Å². The normalized spacial score (nSPS) is 14.8. The van der Waals surface area contributed by atoms with Crippen molar-refractivity contribution in [3.8, 4) is 11.4 Å². The third kappa shape index (κ3) is 3.52. The molecule has 1 aliphatic rings. The molecule has 4 aromatic rings. The highest BCUT2D eigenvalue weighted by Gasteiger charge is 2.33. The van der Waals surface area contributed by atoms with Crippen LogP contribution in [0.3, 0.4) is 0 Å². The van der Waals surface area contributed by atoms with Crippen molar-refractivity contribution in [2.45, 2.75) is 19.5 Å². The summed E-state index contributed by atoms with van der Waals surface area (Å²) in [5.41, 5.74) is 6.22. The summed E-state index contributed by atoms with van der Waals surface area (Å²) in [6.45, 7) is 2.59. The predicted octanol–water partition coefficient (Wildman–Crippen LogP) is 5.93. The van der Waals surface area contributed by atoms with Gasteiger partial charge in [-0.25, -0.2) is 4.79 Å². The molecule has 0 saturated carbocycles. The Balaban J connectivity index is 1.63. The van der Waals surface area contributed by atoms with Gasteiger partial charge in [0.15, 0.2) is 0 Å². The Labute approximate surface area is 187 Å². The van der Waals surface area contributed by atoms with Crippen LogP contribution in [-0.4, -0.2) is 22.6 Å². The highest BCUT2D eigenvalue weighted by molar-refractivity contribution is 5.90. The van der Waals surface area contributed by atoms with Crippen molar-refractivity contribution in [2.24, 2.45) is 0 Å². The molecule has 5 heteroatoms. The lowest BCUT2D eigenvalue weighted by molar-refractivity contribution is 0.194. The van der Waals surface area contributed by atoms with Gasteiger partial charge < -0.3 is 19.5 Å². The van der Waals surface area contributed by atoms with Crippen molar-refractivity contribution < 1.29 is 9.53 Å². The first-order valence-corrected chi connectivity index (χ1v) is 10.7. The van der Waals surface area contributed by atoms with E-state index in [1.165, 1.54) is 0 Å². The second kappa shape index (κ2) is 8.27. The molecule has 0 bridgehead atoms. The first-order valence-electron chi connectivity index (χ1n) is 10.7. The van der Waals surface area contributed by atoms with Gasteiger partial charge in [0.05, 0.1) is 19.3 Å². The number of anilines is 1. The number of nitrogens with zero attached hydrogens (tertiary/aromatic N) is 2. The Morgan fingerprint density at radius 3 is 2.62 bits per heavy atom. The number of urea groups is 1. The van der Waals surface area contributed by atoms with E-state index in [1.54, 1.807) is 7.11 Å². The molecule has 5 rings (SSSR count). The number of ether oxygens (including phenoxy) is 1. The molecule has 2 amide bonds. The monoisotopic (exact) mass is 423 g/mol. The van der Waals surface area contributed by atoms with Crippen LogP contribution < -0.4 is 10.1 Å². The van der Waals surface area contributed by atoms with E-state index >= 15 is 0 Å². The minimum Gasteiger partial charge on any atom is -0.497 e. The number of para-hydroxylation sites is 1. The molecule has 0 unspecified atom stereocenters. The van der Waals surface area contributed by atoms with E-state index in [4.69, 9.17) is 4.74 Å². The van der Waals surface area contributed by atoms with Crippen LogP contribution >= 0.6 is 0 Å². The molecular weight excluding hydrogens is 398 g/mol. The number of carbonyl (C=O) groups excluding carboxylic acids is 1. The van der Waals surface area contributed by atoms with Crippen LogP contribution in [0.1, 0.15) is 28.4 Å². The second-order valence-electron chi connectivity index (χ2n) is 7.98. The maximum atomic E-state index is 13.7. The van der Waals surface area contributed by atoms with E-state index in [0.717, 1.165) is 28.1 Å². The molecular formula is C27H25N3O2. The summed E-state index contributed by atoms with van der Waals surface area (Å²) in [6.07, 6.45) is 2.07. The van der Waals surface area contributed by atoms with Crippen LogP contribution in [-0.2, 0) is 6.54 Å². The number of methoxy groups -OCH3 is 1. The zero-order valence-corrected chi connectivity index (χ0v) is 18.2. The first kappa shape index (κ1) is 19.9. The average molecular weight is 424 g/mol. The SMILES string of the molecule is COc1cccc(NC(=O)N2Cc3ccccc3-n3cccc3[C@@H]2c2ccccc2C)c1. The summed E-state index contributed by atoms with van der Waals surface area (Å²) in [5.74, 6) is 0.702. The van der Waals surface area contributed by atoms with Gasteiger partial charge in [0.25, 0.3) is 0 Å². The van der Waals surface area contributed by atoms with Crippen molar-refractivity contribution in [3.63, 3.8) is 0 Å². The van der Waals surface area contributed by atoms with E-state index in [1.807, 2.05) is 59.5 Å². The molecule has 5 nitrogen and oxygen atoms in total. The second-order valence-corrected chi connectivity index (χ2v) is 7.98. The molecule has 1 atom stereocenters. The van der Waals surface area contributed by atoms with Gasteiger partial charge in [-0.2, -0.15) is 0 Å². The van der Waals surface area contributed by atoms with E-state index in [-0.39, 0.29) is 12.1 Å². The van der Waals surface area contributed by atoms with Crippen molar-refractivity contribution in [1.82, 2.24) is 9.47 Å².